The first-order valence-electron chi connectivity index (χ1n) is 13.0. The fraction of sp³-hybridized carbons (Fsp3) is 0.593. The molecule has 2 aliphatic rings. The van der Waals surface area contributed by atoms with Crippen LogP contribution in [-0.4, -0.2) is 65.3 Å². The summed E-state index contributed by atoms with van der Waals surface area (Å²) in [5.74, 6) is -0.294. The lowest BCUT2D eigenvalue weighted by Gasteiger charge is -2.38. The van der Waals surface area contributed by atoms with Crippen molar-refractivity contribution in [3.63, 3.8) is 0 Å². The first-order valence-corrected chi connectivity index (χ1v) is 13.0. The number of nitrogens with zero attached hydrogens (tertiary/aromatic N) is 4. The van der Waals surface area contributed by atoms with Crippen LogP contribution in [0, 0.1) is 23.5 Å². The van der Waals surface area contributed by atoms with Crippen LogP contribution in [0.2, 0.25) is 0 Å². The minimum atomic E-state index is -0.769. The number of likely N-dealkylation sites (tertiary alicyclic amines) is 1. The number of amides is 1. The summed E-state index contributed by atoms with van der Waals surface area (Å²) in [4.78, 5) is 25.0. The smallest absolute Gasteiger partial charge is 0.227 e. The second-order valence-corrected chi connectivity index (χ2v) is 9.95. The molecule has 0 saturated carbocycles. The largest absolute Gasteiger partial charge is 0.493 e. The molecule has 1 amide bonds. The number of benzene rings is 1. The Hall–Kier alpha value is -2.81. The van der Waals surface area contributed by atoms with Gasteiger partial charge in [-0.2, -0.15) is 0 Å². The topological polar surface area (TPSA) is 78.8 Å². The van der Waals surface area contributed by atoms with Gasteiger partial charge in [-0.15, -0.1) is 0 Å². The van der Waals surface area contributed by atoms with Crippen molar-refractivity contribution >= 4 is 11.9 Å². The predicted molar refractivity (Wildman–Crippen MR) is 133 cm³/mol. The van der Waals surface area contributed by atoms with E-state index in [1.807, 2.05) is 12.4 Å². The van der Waals surface area contributed by atoms with E-state index in [0.29, 0.717) is 25.6 Å². The third kappa shape index (κ3) is 6.69. The molecule has 0 bridgehead atoms. The van der Waals surface area contributed by atoms with Gasteiger partial charge in [0.05, 0.1) is 13.0 Å². The first-order chi connectivity index (χ1) is 17.5. The van der Waals surface area contributed by atoms with Gasteiger partial charge in [-0.25, -0.2) is 18.7 Å². The number of piperidine rings is 1. The van der Waals surface area contributed by atoms with Crippen molar-refractivity contribution in [2.75, 3.05) is 44.3 Å². The summed E-state index contributed by atoms with van der Waals surface area (Å²) in [6.45, 7) is 5.25. The lowest BCUT2D eigenvalue weighted by Crippen LogP contribution is -2.51. The van der Waals surface area contributed by atoms with Crippen LogP contribution < -0.4 is 9.64 Å². The Balaban J connectivity index is 1.17. The molecule has 3 heterocycles. The lowest BCUT2D eigenvalue weighted by molar-refractivity contribution is -0.137. The predicted octanol–water partition coefficient (Wildman–Crippen LogP) is 3.78. The van der Waals surface area contributed by atoms with Crippen LogP contribution in [-0.2, 0) is 17.6 Å². The van der Waals surface area contributed by atoms with E-state index in [-0.39, 0.29) is 36.2 Å². The zero-order valence-electron chi connectivity index (χ0n) is 21.0. The Morgan fingerprint density at radius 1 is 1.11 bits per heavy atom. The van der Waals surface area contributed by atoms with Crippen LogP contribution in [0.3, 0.4) is 0 Å². The molecule has 4 rings (SSSR count). The summed E-state index contributed by atoms with van der Waals surface area (Å²) < 4.78 is 34.6. The van der Waals surface area contributed by atoms with Crippen LogP contribution in [0.25, 0.3) is 0 Å². The summed E-state index contributed by atoms with van der Waals surface area (Å²) in [6, 6.07) is 2.31. The molecule has 2 saturated heterocycles. The maximum atomic E-state index is 14.5. The molecule has 2 fully saturated rings. The number of rotatable bonds is 11. The van der Waals surface area contributed by atoms with Gasteiger partial charge in [0, 0.05) is 68.8 Å². The molecule has 1 N–H and O–H groups in total. The van der Waals surface area contributed by atoms with E-state index in [1.54, 1.807) is 0 Å². The van der Waals surface area contributed by atoms with Gasteiger partial charge in [0.2, 0.25) is 11.9 Å². The van der Waals surface area contributed by atoms with Crippen LogP contribution in [0.4, 0.5) is 14.7 Å². The molecule has 7 nitrogen and oxygen atoms in total. The van der Waals surface area contributed by atoms with Gasteiger partial charge in [-0.3, -0.25) is 4.79 Å². The van der Waals surface area contributed by atoms with Crippen LogP contribution in [0.1, 0.15) is 50.2 Å². The number of hydrogen-bond acceptors (Lipinski definition) is 6. The van der Waals surface area contributed by atoms with E-state index in [1.165, 1.54) is 10.5 Å². The Morgan fingerprint density at radius 2 is 1.78 bits per heavy atom. The number of carbonyl (C=O) groups is 1. The molecule has 9 heteroatoms. The van der Waals surface area contributed by atoms with E-state index in [4.69, 9.17) is 9.84 Å². The van der Waals surface area contributed by atoms with Crippen LogP contribution in [0.15, 0.2) is 24.5 Å². The van der Waals surface area contributed by atoms with Gasteiger partial charge in [-0.05, 0) is 43.6 Å². The summed E-state index contributed by atoms with van der Waals surface area (Å²) in [5.41, 5.74) is 0.929. The third-order valence-corrected chi connectivity index (χ3v) is 7.16. The summed E-state index contributed by atoms with van der Waals surface area (Å²) in [6.07, 6.45) is 9.51. The normalized spacial score (nSPS) is 16.8. The highest BCUT2D eigenvalue weighted by Gasteiger charge is 2.31. The highest BCUT2D eigenvalue weighted by atomic mass is 19.1. The van der Waals surface area contributed by atoms with Crippen molar-refractivity contribution in [2.45, 2.75) is 51.9 Å². The molecule has 0 unspecified atom stereocenters. The zero-order valence-corrected chi connectivity index (χ0v) is 21.0. The number of anilines is 1. The Bertz CT molecular complexity index is 984. The average molecular weight is 503 g/mol. The summed E-state index contributed by atoms with van der Waals surface area (Å²) in [7, 11) is 0. The highest BCUT2D eigenvalue weighted by Crippen LogP contribution is 2.26. The molecule has 2 aromatic rings. The molecule has 0 atom stereocenters. The Labute approximate surface area is 211 Å². The summed E-state index contributed by atoms with van der Waals surface area (Å²) in [5, 5.41) is 9.05. The van der Waals surface area contributed by atoms with Crippen LogP contribution >= 0.6 is 0 Å². The quantitative estimate of drug-likeness (QED) is 0.472. The molecular weight excluding hydrogens is 466 g/mol. The standard InChI is InChI=1S/C27H36F2N4O3/c1-2-4-20-14-30-27(31-15-20)32-8-6-19(7-9-32)5-3-10-36-22-11-24(28)23(25(29)12-22)13-26(35)33-16-21(17-33)18-34/h11-12,14-15,19,21,34H,2-10,13,16-18H2,1H3. The molecule has 0 aliphatic carbocycles. The molecule has 1 aromatic heterocycles. The molecule has 0 radical (unpaired) electrons. The monoisotopic (exact) mass is 502 g/mol. The van der Waals surface area contributed by atoms with Gasteiger partial charge < -0.3 is 19.6 Å². The minimum absolute atomic E-state index is 0.0142. The van der Waals surface area contributed by atoms with Crippen molar-refractivity contribution in [1.82, 2.24) is 14.9 Å². The van der Waals surface area contributed by atoms with Crippen molar-refractivity contribution in [1.29, 1.82) is 0 Å². The van der Waals surface area contributed by atoms with Crippen molar-refractivity contribution in [3.05, 3.63) is 47.3 Å². The minimum Gasteiger partial charge on any atom is -0.493 e. The number of aliphatic hydroxyl groups excluding tert-OH is 1. The highest BCUT2D eigenvalue weighted by molar-refractivity contribution is 5.79. The van der Waals surface area contributed by atoms with Crippen molar-refractivity contribution < 1.29 is 23.4 Å². The maximum Gasteiger partial charge on any atom is 0.227 e. The molecule has 0 spiro atoms. The zero-order chi connectivity index (χ0) is 25.5. The lowest BCUT2D eigenvalue weighted by atomic mass is 9.92. The fourth-order valence-electron chi connectivity index (χ4n) is 4.90. The average Bonchev–Trinajstić information content (AvgIpc) is 2.85. The van der Waals surface area contributed by atoms with E-state index < -0.39 is 11.6 Å². The van der Waals surface area contributed by atoms with Gasteiger partial charge in [0.1, 0.15) is 17.4 Å². The fourth-order valence-corrected chi connectivity index (χ4v) is 4.90. The molecule has 196 valence electrons. The van der Waals surface area contributed by atoms with Crippen molar-refractivity contribution in [3.8, 4) is 5.75 Å². The molecule has 36 heavy (non-hydrogen) atoms. The second kappa shape index (κ2) is 12.4. The number of carbonyl (C=O) groups excluding carboxylic acids is 1. The number of halogens is 2. The van der Waals surface area contributed by atoms with Gasteiger partial charge in [0.15, 0.2) is 0 Å². The number of aryl methyl sites for hydroxylation is 1. The summed E-state index contributed by atoms with van der Waals surface area (Å²) >= 11 is 0. The van der Waals surface area contributed by atoms with Crippen molar-refractivity contribution in [2.24, 2.45) is 11.8 Å². The first kappa shape index (κ1) is 26.3. The third-order valence-electron chi connectivity index (χ3n) is 7.16. The number of hydrogen-bond donors (Lipinski definition) is 1. The van der Waals surface area contributed by atoms with Gasteiger partial charge >= 0.3 is 0 Å². The van der Waals surface area contributed by atoms with E-state index in [9.17, 15) is 13.6 Å². The molecule has 1 aromatic carbocycles. The SMILES string of the molecule is CCCc1cnc(N2CCC(CCCOc3cc(F)c(CC(=O)N4CC(CO)C4)c(F)c3)CC2)nc1. The van der Waals surface area contributed by atoms with Crippen LogP contribution in [0.5, 0.6) is 5.75 Å². The number of aromatic nitrogens is 2. The van der Waals surface area contributed by atoms with E-state index >= 15 is 0 Å². The molecular formula is C27H36F2N4O3. The van der Waals surface area contributed by atoms with E-state index in [0.717, 1.165) is 69.7 Å². The Morgan fingerprint density at radius 3 is 2.39 bits per heavy atom. The number of aliphatic hydroxyl groups is 1. The Kier molecular flexibility index (Phi) is 9.07. The van der Waals surface area contributed by atoms with Gasteiger partial charge in [-0.1, -0.05) is 13.3 Å². The molecule has 2 aliphatic heterocycles. The number of ether oxygens (including phenoxy) is 1. The van der Waals surface area contributed by atoms with E-state index in [2.05, 4.69) is 21.8 Å². The maximum absolute atomic E-state index is 14.5. The second-order valence-electron chi connectivity index (χ2n) is 9.95. The van der Waals surface area contributed by atoms with Gasteiger partial charge in [0.25, 0.3) is 0 Å².